The largest absolute Gasteiger partial charge is 0.316 e. The highest BCUT2D eigenvalue weighted by Crippen LogP contribution is 2.12. The number of aryl methyl sites for hydroxylation is 1. The van der Waals surface area contributed by atoms with Crippen LogP contribution in [0.2, 0.25) is 0 Å². The first kappa shape index (κ1) is 10.7. The zero-order valence-corrected chi connectivity index (χ0v) is 8.88. The minimum atomic E-state index is 0.912. The van der Waals surface area contributed by atoms with E-state index in [2.05, 4.69) is 43.1 Å². The van der Waals surface area contributed by atoms with Crippen molar-refractivity contribution < 1.29 is 0 Å². The number of nitrogens with one attached hydrogen (secondary N) is 1. The second kappa shape index (κ2) is 5.40. The van der Waals surface area contributed by atoms with Gasteiger partial charge in [-0.2, -0.15) is 0 Å². The quantitative estimate of drug-likeness (QED) is 0.715. The molecule has 1 rings (SSSR count). The van der Waals surface area contributed by atoms with Crippen LogP contribution >= 0.6 is 0 Å². The highest BCUT2D eigenvalue weighted by Gasteiger charge is 1.96. The minimum Gasteiger partial charge on any atom is -0.316 e. The number of benzene rings is 1. The molecule has 1 N–H and O–H groups in total. The van der Waals surface area contributed by atoms with Crippen LogP contribution in [0.25, 0.3) is 6.08 Å². The van der Waals surface area contributed by atoms with Gasteiger partial charge in [-0.15, -0.1) is 0 Å². The molecule has 0 radical (unpaired) electrons. The van der Waals surface area contributed by atoms with Crippen molar-refractivity contribution in [3.05, 3.63) is 53.6 Å². The van der Waals surface area contributed by atoms with Crippen LogP contribution in [-0.2, 0) is 6.54 Å². The van der Waals surface area contributed by atoms with E-state index < -0.39 is 0 Å². The highest BCUT2D eigenvalue weighted by atomic mass is 14.8. The zero-order valence-electron chi connectivity index (χ0n) is 8.88. The van der Waals surface area contributed by atoms with Gasteiger partial charge < -0.3 is 5.32 Å². The molecule has 0 saturated heterocycles. The molecule has 1 aromatic carbocycles. The third kappa shape index (κ3) is 2.86. The Bertz CT molecular complexity index is 337. The van der Waals surface area contributed by atoms with Crippen molar-refractivity contribution in [1.29, 1.82) is 0 Å². The van der Waals surface area contributed by atoms with E-state index in [-0.39, 0.29) is 0 Å². The van der Waals surface area contributed by atoms with Crippen LogP contribution in [0.1, 0.15) is 16.7 Å². The molecule has 0 aliphatic rings. The average Bonchev–Trinajstić information content (AvgIpc) is 2.19. The summed E-state index contributed by atoms with van der Waals surface area (Å²) in [6, 6.07) is 6.50. The summed E-state index contributed by atoms with van der Waals surface area (Å²) < 4.78 is 0. The van der Waals surface area contributed by atoms with Gasteiger partial charge in [0.25, 0.3) is 0 Å². The van der Waals surface area contributed by atoms with Gasteiger partial charge in [-0.1, -0.05) is 43.0 Å². The Labute approximate surface area is 86.2 Å². The molecule has 0 fully saturated rings. The maximum absolute atomic E-state index is 3.67. The van der Waals surface area contributed by atoms with Crippen LogP contribution in [0.15, 0.2) is 36.9 Å². The molecule has 0 unspecified atom stereocenters. The molecule has 0 aromatic heterocycles. The Kier molecular flexibility index (Phi) is 4.14. The average molecular weight is 187 g/mol. The molecule has 0 spiro atoms. The van der Waals surface area contributed by atoms with E-state index in [0.29, 0.717) is 0 Å². The Morgan fingerprint density at radius 3 is 2.86 bits per heavy atom. The van der Waals surface area contributed by atoms with E-state index in [4.69, 9.17) is 0 Å². The number of rotatable bonds is 4. The molecule has 14 heavy (non-hydrogen) atoms. The van der Waals surface area contributed by atoms with Crippen molar-refractivity contribution in [2.24, 2.45) is 0 Å². The predicted molar refractivity (Wildman–Crippen MR) is 63.2 cm³/mol. The lowest BCUT2D eigenvalue weighted by atomic mass is 10.0. The van der Waals surface area contributed by atoms with Gasteiger partial charge >= 0.3 is 0 Å². The molecule has 74 valence electrons. The fraction of sp³-hybridized carbons (Fsp3) is 0.231. The van der Waals surface area contributed by atoms with Gasteiger partial charge in [0.1, 0.15) is 0 Å². The zero-order chi connectivity index (χ0) is 10.4. The second-order valence-electron chi connectivity index (χ2n) is 3.32. The van der Waals surface area contributed by atoms with Crippen LogP contribution in [0.4, 0.5) is 0 Å². The highest BCUT2D eigenvalue weighted by molar-refractivity contribution is 5.55. The molecule has 0 saturated carbocycles. The fourth-order valence-electron chi connectivity index (χ4n) is 1.36. The van der Waals surface area contributed by atoms with Gasteiger partial charge in [0, 0.05) is 6.54 Å². The summed E-state index contributed by atoms with van der Waals surface area (Å²) >= 11 is 0. The number of hydrogen-bond donors (Lipinski definition) is 1. The summed E-state index contributed by atoms with van der Waals surface area (Å²) in [6.45, 7) is 6.69. The van der Waals surface area contributed by atoms with Crippen LogP contribution < -0.4 is 5.32 Å². The third-order valence-corrected chi connectivity index (χ3v) is 2.14. The molecule has 1 aromatic rings. The maximum atomic E-state index is 3.67. The van der Waals surface area contributed by atoms with Gasteiger partial charge in [-0.3, -0.25) is 0 Å². The summed E-state index contributed by atoms with van der Waals surface area (Å²) in [5.41, 5.74) is 3.86. The lowest BCUT2D eigenvalue weighted by Crippen LogP contribution is -2.05. The van der Waals surface area contributed by atoms with E-state index in [1.54, 1.807) is 6.08 Å². The molecule has 0 aliphatic carbocycles. The van der Waals surface area contributed by atoms with Gasteiger partial charge in [-0.25, -0.2) is 0 Å². The number of allylic oxidation sites excluding steroid dienone is 2. The molecule has 0 atom stereocenters. The molecule has 0 aliphatic heterocycles. The SMILES string of the molecule is C=C/C=C\c1cc(CNC)ccc1C. The van der Waals surface area contributed by atoms with Crippen molar-refractivity contribution in [2.45, 2.75) is 13.5 Å². The van der Waals surface area contributed by atoms with Crippen molar-refractivity contribution in [3.8, 4) is 0 Å². The van der Waals surface area contributed by atoms with Crippen LogP contribution in [0.5, 0.6) is 0 Å². The first-order valence-corrected chi connectivity index (χ1v) is 4.81. The van der Waals surface area contributed by atoms with Gasteiger partial charge in [0.2, 0.25) is 0 Å². The van der Waals surface area contributed by atoms with Crippen molar-refractivity contribution in [1.82, 2.24) is 5.32 Å². The third-order valence-electron chi connectivity index (χ3n) is 2.14. The Hall–Kier alpha value is -1.34. The fourth-order valence-corrected chi connectivity index (χ4v) is 1.36. The molecular formula is C13H17N. The molecule has 1 nitrogen and oxygen atoms in total. The topological polar surface area (TPSA) is 12.0 Å². The van der Waals surface area contributed by atoms with Crippen LogP contribution in [-0.4, -0.2) is 7.05 Å². The Morgan fingerprint density at radius 1 is 1.43 bits per heavy atom. The van der Waals surface area contributed by atoms with Gasteiger partial charge in [0.15, 0.2) is 0 Å². The summed E-state index contributed by atoms with van der Waals surface area (Å²) in [5, 5.41) is 3.14. The minimum absolute atomic E-state index is 0.912. The lowest BCUT2D eigenvalue weighted by molar-refractivity contribution is 0.817. The molecule has 1 heteroatoms. The maximum Gasteiger partial charge on any atom is 0.0202 e. The monoisotopic (exact) mass is 187 g/mol. The van der Waals surface area contributed by atoms with Crippen molar-refractivity contribution >= 4 is 6.08 Å². The molecule has 0 heterocycles. The van der Waals surface area contributed by atoms with Gasteiger partial charge in [0.05, 0.1) is 0 Å². The first-order chi connectivity index (χ1) is 6.77. The van der Waals surface area contributed by atoms with E-state index in [0.717, 1.165) is 6.54 Å². The van der Waals surface area contributed by atoms with E-state index in [1.165, 1.54) is 16.7 Å². The number of hydrogen-bond acceptors (Lipinski definition) is 1. The summed E-state index contributed by atoms with van der Waals surface area (Å²) in [7, 11) is 1.96. The van der Waals surface area contributed by atoms with Crippen molar-refractivity contribution in [3.63, 3.8) is 0 Å². The van der Waals surface area contributed by atoms with E-state index >= 15 is 0 Å². The molecular weight excluding hydrogens is 170 g/mol. The Morgan fingerprint density at radius 2 is 2.21 bits per heavy atom. The van der Waals surface area contributed by atoms with E-state index in [1.807, 2.05) is 13.1 Å². The molecule has 0 amide bonds. The summed E-state index contributed by atoms with van der Waals surface area (Å²) in [5.74, 6) is 0. The summed E-state index contributed by atoms with van der Waals surface area (Å²) in [6.07, 6.45) is 5.84. The lowest BCUT2D eigenvalue weighted by Gasteiger charge is -2.04. The second-order valence-corrected chi connectivity index (χ2v) is 3.32. The van der Waals surface area contributed by atoms with E-state index in [9.17, 15) is 0 Å². The molecule has 0 bridgehead atoms. The van der Waals surface area contributed by atoms with Crippen LogP contribution in [0.3, 0.4) is 0 Å². The smallest absolute Gasteiger partial charge is 0.0202 e. The normalized spacial score (nSPS) is 10.7. The Balaban J connectivity index is 2.95. The first-order valence-electron chi connectivity index (χ1n) is 4.81. The van der Waals surface area contributed by atoms with Gasteiger partial charge in [-0.05, 0) is 30.7 Å². The standard InChI is InChI=1S/C13H17N/c1-4-5-6-13-9-12(10-14-3)8-7-11(13)2/h4-9,14H,1,10H2,2-3H3/b6-5-. The van der Waals surface area contributed by atoms with Crippen LogP contribution in [0, 0.1) is 6.92 Å². The van der Waals surface area contributed by atoms with Crippen molar-refractivity contribution in [2.75, 3.05) is 7.05 Å². The predicted octanol–water partition coefficient (Wildman–Crippen LogP) is 2.91. The summed E-state index contributed by atoms with van der Waals surface area (Å²) in [4.78, 5) is 0.